The van der Waals surface area contributed by atoms with Gasteiger partial charge in [0.1, 0.15) is 5.56 Å². The third-order valence-corrected chi connectivity index (χ3v) is 4.38. The molecule has 1 N–H and O–H groups in total. The second-order valence-electron chi connectivity index (χ2n) is 5.98. The SMILES string of the molecule is CCc1nnc(N2CCCC2C(C)C)c(C(=O)O)c1CC. The van der Waals surface area contributed by atoms with Crippen LogP contribution in [0.25, 0.3) is 0 Å². The van der Waals surface area contributed by atoms with Crippen LogP contribution >= 0.6 is 0 Å². The maximum atomic E-state index is 11.8. The number of rotatable bonds is 5. The Morgan fingerprint density at radius 3 is 2.57 bits per heavy atom. The van der Waals surface area contributed by atoms with Gasteiger partial charge in [-0.15, -0.1) is 5.10 Å². The molecule has 1 unspecified atom stereocenters. The molecular weight excluding hydrogens is 266 g/mol. The molecule has 0 aromatic carbocycles. The van der Waals surface area contributed by atoms with Gasteiger partial charge in [-0.25, -0.2) is 4.79 Å². The van der Waals surface area contributed by atoms with E-state index in [2.05, 4.69) is 28.9 Å². The zero-order chi connectivity index (χ0) is 15.6. The molecule has 1 aliphatic rings. The summed E-state index contributed by atoms with van der Waals surface area (Å²) >= 11 is 0. The largest absolute Gasteiger partial charge is 0.478 e. The topological polar surface area (TPSA) is 66.3 Å². The lowest BCUT2D eigenvalue weighted by atomic mass is 9.99. The van der Waals surface area contributed by atoms with Crippen LogP contribution in [0, 0.1) is 5.92 Å². The predicted molar refractivity (Wildman–Crippen MR) is 83.0 cm³/mol. The van der Waals surface area contributed by atoms with E-state index in [-0.39, 0.29) is 0 Å². The summed E-state index contributed by atoms with van der Waals surface area (Å²) in [7, 11) is 0. The molecule has 1 aromatic heterocycles. The van der Waals surface area contributed by atoms with Crippen LogP contribution in [0.3, 0.4) is 0 Å². The highest BCUT2D eigenvalue weighted by Crippen LogP contribution is 2.32. The monoisotopic (exact) mass is 291 g/mol. The molecule has 21 heavy (non-hydrogen) atoms. The highest BCUT2D eigenvalue weighted by molar-refractivity contribution is 5.95. The van der Waals surface area contributed by atoms with E-state index in [1.807, 2.05) is 13.8 Å². The van der Waals surface area contributed by atoms with Gasteiger partial charge in [0, 0.05) is 12.6 Å². The van der Waals surface area contributed by atoms with Crippen molar-refractivity contribution in [2.45, 2.75) is 59.4 Å². The Kier molecular flexibility index (Phi) is 4.80. The van der Waals surface area contributed by atoms with Crippen molar-refractivity contribution in [1.29, 1.82) is 0 Å². The lowest BCUT2D eigenvalue weighted by Gasteiger charge is -2.30. The normalized spacial score (nSPS) is 18.5. The quantitative estimate of drug-likeness (QED) is 0.903. The van der Waals surface area contributed by atoms with Gasteiger partial charge < -0.3 is 10.0 Å². The molecule has 5 nitrogen and oxygen atoms in total. The fourth-order valence-corrected chi connectivity index (χ4v) is 3.34. The average Bonchev–Trinajstić information content (AvgIpc) is 2.94. The van der Waals surface area contributed by atoms with E-state index in [9.17, 15) is 9.90 Å². The van der Waals surface area contributed by atoms with Gasteiger partial charge in [0.15, 0.2) is 5.82 Å². The van der Waals surface area contributed by atoms with Gasteiger partial charge in [-0.3, -0.25) is 0 Å². The molecule has 0 aliphatic carbocycles. The number of hydrogen-bond donors (Lipinski definition) is 1. The standard InChI is InChI=1S/C16H25N3O2/c1-5-11-12(6-2)17-18-15(14(11)16(20)21)19-9-7-8-13(19)10(3)4/h10,13H,5-9H2,1-4H3,(H,20,21). The maximum absolute atomic E-state index is 11.8. The minimum atomic E-state index is -0.888. The molecule has 116 valence electrons. The van der Waals surface area contributed by atoms with Crippen molar-refractivity contribution in [3.05, 3.63) is 16.8 Å². The van der Waals surface area contributed by atoms with Crippen LogP contribution < -0.4 is 4.90 Å². The van der Waals surface area contributed by atoms with Crippen LogP contribution in [-0.4, -0.2) is 33.9 Å². The van der Waals surface area contributed by atoms with Gasteiger partial charge in [-0.1, -0.05) is 27.7 Å². The first kappa shape index (κ1) is 15.7. The number of aromatic nitrogens is 2. The van der Waals surface area contributed by atoms with Gasteiger partial charge >= 0.3 is 5.97 Å². The Labute approximate surface area is 126 Å². The van der Waals surface area contributed by atoms with E-state index >= 15 is 0 Å². The number of anilines is 1. The summed E-state index contributed by atoms with van der Waals surface area (Å²) in [5.74, 6) is 0.153. The Hall–Kier alpha value is -1.65. The highest BCUT2D eigenvalue weighted by Gasteiger charge is 2.32. The van der Waals surface area contributed by atoms with Crippen molar-refractivity contribution in [3.63, 3.8) is 0 Å². The van der Waals surface area contributed by atoms with Crippen LogP contribution in [0.1, 0.15) is 62.2 Å². The first-order valence-electron chi connectivity index (χ1n) is 7.89. The summed E-state index contributed by atoms with van der Waals surface area (Å²) in [5, 5.41) is 18.3. The predicted octanol–water partition coefficient (Wildman–Crippen LogP) is 2.92. The van der Waals surface area contributed by atoms with Crippen molar-refractivity contribution in [2.75, 3.05) is 11.4 Å². The Bertz CT molecular complexity index is 528. The zero-order valence-electron chi connectivity index (χ0n) is 13.4. The first-order valence-corrected chi connectivity index (χ1v) is 7.89. The van der Waals surface area contributed by atoms with Crippen molar-refractivity contribution in [1.82, 2.24) is 10.2 Å². The van der Waals surface area contributed by atoms with Crippen LogP contribution in [0.4, 0.5) is 5.82 Å². The van der Waals surface area contributed by atoms with E-state index in [0.29, 0.717) is 36.2 Å². The van der Waals surface area contributed by atoms with Crippen LogP contribution in [-0.2, 0) is 12.8 Å². The zero-order valence-corrected chi connectivity index (χ0v) is 13.4. The Morgan fingerprint density at radius 1 is 1.33 bits per heavy atom. The number of hydrogen-bond acceptors (Lipinski definition) is 4. The molecule has 1 aliphatic heterocycles. The summed E-state index contributed by atoms with van der Waals surface area (Å²) in [4.78, 5) is 14.0. The maximum Gasteiger partial charge on any atom is 0.339 e. The second kappa shape index (κ2) is 6.41. The summed E-state index contributed by atoms with van der Waals surface area (Å²) in [6.07, 6.45) is 3.56. The van der Waals surface area contributed by atoms with E-state index in [4.69, 9.17) is 0 Å². The minimum Gasteiger partial charge on any atom is -0.478 e. The molecule has 0 spiro atoms. The van der Waals surface area contributed by atoms with E-state index in [1.54, 1.807) is 0 Å². The van der Waals surface area contributed by atoms with Gasteiger partial charge in [-0.05, 0) is 37.2 Å². The molecule has 0 amide bonds. The molecular formula is C16H25N3O2. The molecule has 0 radical (unpaired) electrons. The minimum absolute atomic E-state index is 0.356. The summed E-state index contributed by atoms with van der Waals surface area (Å²) < 4.78 is 0. The highest BCUT2D eigenvalue weighted by atomic mass is 16.4. The Morgan fingerprint density at radius 2 is 2.05 bits per heavy atom. The number of carboxylic acids is 1. The molecule has 5 heteroatoms. The third kappa shape index (κ3) is 2.87. The Balaban J connectivity index is 2.55. The fourth-order valence-electron chi connectivity index (χ4n) is 3.34. The molecule has 1 atom stereocenters. The number of aromatic carboxylic acids is 1. The van der Waals surface area contributed by atoms with Gasteiger partial charge in [0.25, 0.3) is 0 Å². The number of aryl methyl sites for hydroxylation is 1. The molecule has 2 rings (SSSR count). The number of carbonyl (C=O) groups is 1. The molecule has 2 heterocycles. The van der Waals surface area contributed by atoms with Crippen molar-refractivity contribution < 1.29 is 9.90 Å². The number of carboxylic acid groups (broad SMARTS) is 1. The van der Waals surface area contributed by atoms with Gasteiger partial charge in [0.2, 0.25) is 0 Å². The van der Waals surface area contributed by atoms with E-state index in [0.717, 1.165) is 30.6 Å². The second-order valence-corrected chi connectivity index (χ2v) is 5.98. The summed E-state index contributed by atoms with van der Waals surface area (Å²) in [6.45, 7) is 9.19. The molecule has 1 saturated heterocycles. The molecule has 0 saturated carbocycles. The van der Waals surface area contributed by atoms with Crippen LogP contribution in [0.15, 0.2) is 0 Å². The van der Waals surface area contributed by atoms with Crippen LogP contribution in [0.2, 0.25) is 0 Å². The number of nitrogens with zero attached hydrogens (tertiary/aromatic N) is 3. The fraction of sp³-hybridized carbons (Fsp3) is 0.688. The molecule has 1 fully saturated rings. The summed E-state index contributed by atoms with van der Waals surface area (Å²) in [6, 6.07) is 0.356. The lowest BCUT2D eigenvalue weighted by Crippen LogP contribution is -2.36. The van der Waals surface area contributed by atoms with E-state index in [1.165, 1.54) is 0 Å². The molecule has 1 aromatic rings. The first-order chi connectivity index (χ1) is 10.0. The summed E-state index contributed by atoms with van der Waals surface area (Å²) in [5.41, 5.74) is 2.00. The third-order valence-electron chi connectivity index (χ3n) is 4.38. The van der Waals surface area contributed by atoms with Gasteiger partial charge in [-0.2, -0.15) is 5.10 Å². The van der Waals surface area contributed by atoms with Crippen molar-refractivity contribution >= 4 is 11.8 Å². The van der Waals surface area contributed by atoms with Gasteiger partial charge in [0.05, 0.1) is 5.69 Å². The van der Waals surface area contributed by atoms with Crippen LogP contribution in [0.5, 0.6) is 0 Å². The van der Waals surface area contributed by atoms with Crippen molar-refractivity contribution in [2.24, 2.45) is 5.92 Å². The van der Waals surface area contributed by atoms with E-state index < -0.39 is 5.97 Å². The molecule has 0 bridgehead atoms. The van der Waals surface area contributed by atoms with Crippen molar-refractivity contribution in [3.8, 4) is 0 Å². The smallest absolute Gasteiger partial charge is 0.339 e. The average molecular weight is 291 g/mol. The lowest BCUT2D eigenvalue weighted by molar-refractivity contribution is 0.0695.